The monoisotopic (exact) mass is 428 g/mol. The Kier molecular flexibility index (Phi) is 9.66. The zero-order valence-corrected chi connectivity index (χ0v) is 19.4. The molecule has 2 atom stereocenters. The van der Waals surface area contributed by atoms with Gasteiger partial charge in [-0.15, -0.1) is 0 Å². The molecule has 0 aromatic heterocycles. The van der Waals surface area contributed by atoms with Crippen LogP contribution in [0.15, 0.2) is 35.3 Å². The van der Waals surface area contributed by atoms with Crippen LogP contribution in [-0.2, 0) is 16.1 Å². The third-order valence-corrected chi connectivity index (χ3v) is 6.74. The van der Waals surface area contributed by atoms with Crippen LogP contribution < -0.4 is 5.32 Å². The number of esters is 1. The van der Waals surface area contributed by atoms with Crippen LogP contribution >= 0.6 is 0 Å². The van der Waals surface area contributed by atoms with E-state index in [1.54, 1.807) is 0 Å². The molecule has 2 heterocycles. The first-order valence-electron chi connectivity index (χ1n) is 12.0. The number of carbonyl (C=O) groups excluding carboxylic acids is 1. The maximum atomic E-state index is 11.2. The molecule has 2 unspecified atom stereocenters. The third kappa shape index (κ3) is 7.23. The molecule has 172 valence electrons. The van der Waals surface area contributed by atoms with Gasteiger partial charge in [0.05, 0.1) is 7.11 Å². The molecule has 0 spiro atoms. The number of hydrogen-bond acceptors (Lipinski definition) is 4. The lowest BCUT2D eigenvalue weighted by Gasteiger charge is -2.48. The molecule has 6 nitrogen and oxygen atoms in total. The number of ether oxygens (including phenoxy) is 1. The number of fused-ring (bicyclic) bond motifs is 1. The summed E-state index contributed by atoms with van der Waals surface area (Å²) in [5.74, 6) is 1.67. The Bertz CT molecular complexity index is 694. The van der Waals surface area contributed by atoms with E-state index < -0.39 is 0 Å². The number of rotatable bonds is 9. The predicted molar refractivity (Wildman–Crippen MR) is 126 cm³/mol. The maximum Gasteiger partial charge on any atom is 0.305 e. The SMILES string of the molecule is CN=C(NCCCCCCC(=O)OC)N1CCC2C(CCCN2Cc2ccccc2)C1. The van der Waals surface area contributed by atoms with Crippen molar-refractivity contribution < 1.29 is 9.53 Å². The molecule has 0 aliphatic carbocycles. The zero-order chi connectivity index (χ0) is 21.9. The van der Waals surface area contributed by atoms with Crippen LogP contribution in [0.1, 0.15) is 56.9 Å². The number of piperidine rings is 2. The van der Waals surface area contributed by atoms with E-state index in [0.29, 0.717) is 12.5 Å². The van der Waals surface area contributed by atoms with Crippen molar-refractivity contribution in [2.45, 2.75) is 64.0 Å². The van der Waals surface area contributed by atoms with Crippen LogP contribution in [0.3, 0.4) is 0 Å². The van der Waals surface area contributed by atoms with Crippen LogP contribution in [0.4, 0.5) is 0 Å². The number of aliphatic imine (C=N–C) groups is 1. The molecule has 2 fully saturated rings. The molecular formula is C25H40N4O2. The van der Waals surface area contributed by atoms with Gasteiger partial charge in [0, 0.05) is 45.7 Å². The second-order valence-corrected chi connectivity index (χ2v) is 8.87. The van der Waals surface area contributed by atoms with Crippen molar-refractivity contribution in [3.8, 4) is 0 Å². The van der Waals surface area contributed by atoms with Crippen LogP contribution in [0.5, 0.6) is 0 Å². The van der Waals surface area contributed by atoms with E-state index in [1.807, 2.05) is 7.05 Å². The van der Waals surface area contributed by atoms with E-state index in [4.69, 9.17) is 0 Å². The second kappa shape index (κ2) is 12.7. The molecule has 0 radical (unpaired) electrons. The molecule has 1 N–H and O–H groups in total. The summed E-state index contributed by atoms with van der Waals surface area (Å²) in [5, 5.41) is 3.57. The number of unbranched alkanes of at least 4 members (excludes halogenated alkanes) is 3. The molecule has 2 aliphatic heterocycles. The lowest BCUT2D eigenvalue weighted by Crippen LogP contribution is -2.56. The summed E-state index contributed by atoms with van der Waals surface area (Å²) in [7, 11) is 3.35. The van der Waals surface area contributed by atoms with Crippen LogP contribution in [0, 0.1) is 5.92 Å². The van der Waals surface area contributed by atoms with Gasteiger partial charge in [-0.1, -0.05) is 43.2 Å². The Morgan fingerprint density at radius 1 is 1.13 bits per heavy atom. The van der Waals surface area contributed by atoms with Crippen molar-refractivity contribution in [1.29, 1.82) is 0 Å². The summed E-state index contributed by atoms with van der Waals surface area (Å²) in [5.41, 5.74) is 1.43. The van der Waals surface area contributed by atoms with Gasteiger partial charge >= 0.3 is 5.97 Å². The molecular weight excluding hydrogens is 388 g/mol. The number of guanidine groups is 1. The lowest BCUT2D eigenvalue weighted by molar-refractivity contribution is -0.140. The molecule has 1 aromatic carbocycles. The standard InChI is InChI=1S/C25H40N4O2/c1-26-25(27-16-9-4-3-8-14-24(30)31-2)29-18-15-23-22(20-29)13-10-17-28(23)19-21-11-6-5-7-12-21/h5-7,11-12,22-23H,3-4,8-10,13-20H2,1-2H3,(H,26,27). The Labute approximate surface area is 188 Å². The molecule has 0 saturated carbocycles. The van der Waals surface area contributed by atoms with Crippen molar-refractivity contribution in [3.05, 3.63) is 35.9 Å². The summed E-state index contributed by atoms with van der Waals surface area (Å²) in [6.45, 7) is 5.42. The van der Waals surface area contributed by atoms with Crippen molar-refractivity contribution in [3.63, 3.8) is 0 Å². The molecule has 31 heavy (non-hydrogen) atoms. The summed E-state index contributed by atoms with van der Waals surface area (Å²) in [6, 6.07) is 11.6. The van der Waals surface area contributed by atoms with Gasteiger partial charge in [0.25, 0.3) is 0 Å². The largest absolute Gasteiger partial charge is 0.469 e. The Hall–Kier alpha value is -2.08. The minimum absolute atomic E-state index is 0.105. The van der Waals surface area contributed by atoms with Gasteiger partial charge in [0.15, 0.2) is 5.96 Å². The molecule has 3 rings (SSSR count). The van der Waals surface area contributed by atoms with Crippen LogP contribution in [0.2, 0.25) is 0 Å². The quantitative estimate of drug-likeness (QED) is 0.281. The van der Waals surface area contributed by atoms with Gasteiger partial charge in [-0.3, -0.25) is 14.7 Å². The number of hydrogen-bond donors (Lipinski definition) is 1. The predicted octanol–water partition coefficient (Wildman–Crippen LogP) is 3.67. The van der Waals surface area contributed by atoms with Crippen molar-refractivity contribution in [2.24, 2.45) is 10.9 Å². The molecule has 2 aliphatic rings. The third-order valence-electron chi connectivity index (χ3n) is 6.74. The fraction of sp³-hybridized carbons (Fsp3) is 0.680. The molecule has 6 heteroatoms. The Balaban J connectivity index is 1.40. The fourth-order valence-electron chi connectivity index (χ4n) is 5.10. The van der Waals surface area contributed by atoms with Gasteiger partial charge in [-0.25, -0.2) is 0 Å². The number of carbonyl (C=O) groups is 1. The van der Waals surface area contributed by atoms with E-state index in [1.165, 1.54) is 38.5 Å². The highest BCUT2D eigenvalue weighted by molar-refractivity contribution is 5.80. The number of likely N-dealkylation sites (tertiary alicyclic amines) is 2. The lowest BCUT2D eigenvalue weighted by atomic mass is 9.83. The summed E-state index contributed by atoms with van der Waals surface area (Å²) in [6.07, 6.45) is 8.57. The van der Waals surface area contributed by atoms with Crippen molar-refractivity contribution in [1.82, 2.24) is 15.1 Å². The highest BCUT2D eigenvalue weighted by Gasteiger charge is 2.36. The summed E-state index contributed by atoms with van der Waals surface area (Å²) >= 11 is 0. The fourth-order valence-corrected chi connectivity index (χ4v) is 5.10. The van der Waals surface area contributed by atoms with Gasteiger partial charge in [-0.05, 0) is 50.1 Å². The first kappa shape index (κ1) is 23.6. The average Bonchev–Trinajstić information content (AvgIpc) is 2.81. The topological polar surface area (TPSA) is 57.2 Å². The highest BCUT2D eigenvalue weighted by Crippen LogP contribution is 2.31. The summed E-state index contributed by atoms with van der Waals surface area (Å²) < 4.78 is 4.69. The van der Waals surface area contributed by atoms with Gasteiger partial charge in [0.2, 0.25) is 0 Å². The van der Waals surface area contributed by atoms with Crippen molar-refractivity contribution in [2.75, 3.05) is 40.3 Å². The zero-order valence-electron chi connectivity index (χ0n) is 19.4. The molecule has 0 amide bonds. The van der Waals surface area contributed by atoms with Crippen LogP contribution in [-0.4, -0.2) is 68.1 Å². The highest BCUT2D eigenvalue weighted by atomic mass is 16.5. The van der Waals surface area contributed by atoms with Gasteiger partial charge in [0.1, 0.15) is 0 Å². The van der Waals surface area contributed by atoms with E-state index in [0.717, 1.165) is 63.7 Å². The number of nitrogens with zero attached hydrogens (tertiary/aromatic N) is 3. The number of nitrogens with one attached hydrogen (secondary N) is 1. The molecule has 2 saturated heterocycles. The minimum Gasteiger partial charge on any atom is -0.469 e. The average molecular weight is 429 g/mol. The number of benzene rings is 1. The summed E-state index contributed by atoms with van der Waals surface area (Å²) in [4.78, 5) is 20.9. The first-order valence-corrected chi connectivity index (χ1v) is 12.0. The van der Waals surface area contributed by atoms with Gasteiger partial charge in [-0.2, -0.15) is 0 Å². The normalized spacial score (nSPS) is 22.1. The molecule has 0 bridgehead atoms. The van der Waals surface area contributed by atoms with E-state index in [9.17, 15) is 4.79 Å². The molecule has 1 aromatic rings. The Morgan fingerprint density at radius 3 is 2.71 bits per heavy atom. The maximum absolute atomic E-state index is 11.2. The van der Waals surface area contributed by atoms with E-state index >= 15 is 0 Å². The van der Waals surface area contributed by atoms with Crippen molar-refractivity contribution >= 4 is 11.9 Å². The Morgan fingerprint density at radius 2 is 1.94 bits per heavy atom. The second-order valence-electron chi connectivity index (χ2n) is 8.87. The number of methoxy groups -OCH3 is 1. The first-order chi connectivity index (χ1) is 15.2. The van der Waals surface area contributed by atoms with E-state index in [2.05, 4.69) is 55.2 Å². The van der Waals surface area contributed by atoms with Crippen LogP contribution in [0.25, 0.3) is 0 Å². The van der Waals surface area contributed by atoms with Gasteiger partial charge < -0.3 is 15.0 Å². The smallest absolute Gasteiger partial charge is 0.305 e. The minimum atomic E-state index is -0.105. The van der Waals surface area contributed by atoms with E-state index in [-0.39, 0.29) is 5.97 Å².